The fourth-order valence-corrected chi connectivity index (χ4v) is 4.11. The summed E-state index contributed by atoms with van der Waals surface area (Å²) < 4.78 is 11.4. The van der Waals surface area contributed by atoms with Crippen LogP contribution in [0.5, 0.6) is 11.5 Å². The number of benzene rings is 2. The summed E-state index contributed by atoms with van der Waals surface area (Å²) in [5, 5.41) is 5.50. The molecular formula is C27H33N3O3S. The minimum atomic E-state index is -0.212. The molecule has 180 valence electrons. The fourth-order valence-electron chi connectivity index (χ4n) is 3.42. The molecule has 0 atom stereocenters. The summed E-state index contributed by atoms with van der Waals surface area (Å²) in [6.45, 7) is 3.54. The van der Waals surface area contributed by atoms with Crippen LogP contribution in [0.1, 0.15) is 43.0 Å². The van der Waals surface area contributed by atoms with Gasteiger partial charge in [-0.2, -0.15) is 0 Å². The number of unbranched alkanes of at least 4 members (excludes halogenated alkanes) is 2. The SMILES string of the molecule is CCCCCOc1ccc(/C=C(/C(=O)Nc2nc(CN(C)C)cs2)c2ccccc2)cc1OC. The summed E-state index contributed by atoms with van der Waals surface area (Å²) in [4.78, 5) is 19.9. The number of hydrogen-bond donors (Lipinski definition) is 1. The minimum absolute atomic E-state index is 0.212. The van der Waals surface area contributed by atoms with E-state index in [-0.39, 0.29) is 5.91 Å². The van der Waals surface area contributed by atoms with Gasteiger partial charge in [-0.15, -0.1) is 11.3 Å². The van der Waals surface area contributed by atoms with Crippen LogP contribution in [0.4, 0.5) is 5.13 Å². The summed E-state index contributed by atoms with van der Waals surface area (Å²) in [6.07, 6.45) is 5.15. The summed E-state index contributed by atoms with van der Waals surface area (Å²) in [6, 6.07) is 15.3. The van der Waals surface area contributed by atoms with E-state index in [1.807, 2.05) is 79.0 Å². The van der Waals surface area contributed by atoms with Crippen molar-refractivity contribution >= 4 is 34.0 Å². The molecule has 0 saturated heterocycles. The molecule has 0 unspecified atom stereocenters. The number of methoxy groups -OCH3 is 1. The van der Waals surface area contributed by atoms with E-state index in [0.29, 0.717) is 28.8 Å². The van der Waals surface area contributed by atoms with E-state index < -0.39 is 0 Å². The van der Waals surface area contributed by atoms with Crippen molar-refractivity contribution in [2.24, 2.45) is 0 Å². The second-order valence-electron chi connectivity index (χ2n) is 8.23. The molecule has 0 aliphatic carbocycles. The third-order valence-corrected chi connectivity index (χ3v) is 5.89. The number of aromatic nitrogens is 1. The van der Waals surface area contributed by atoms with Gasteiger partial charge in [0.05, 0.1) is 19.4 Å². The Hall–Kier alpha value is -3.16. The molecular weight excluding hydrogens is 446 g/mol. The maximum atomic E-state index is 13.3. The van der Waals surface area contributed by atoms with Crippen molar-refractivity contribution in [2.75, 3.05) is 33.1 Å². The zero-order chi connectivity index (χ0) is 24.3. The average Bonchev–Trinajstić information content (AvgIpc) is 3.27. The Morgan fingerprint density at radius 1 is 1.12 bits per heavy atom. The lowest BCUT2D eigenvalue weighted by Gasteiger charge is -2.12. The van der Waals surface area contributed by atoms with Crippen LogP contribution in [0.2, 0.25) is 0 Å². The van der Waals surface area contributed by atoms with Gasteiger partial charge in [-0.25, -0.2) is 4.98 Å². The van der Waals surface area contributed by atoms with E-state index >= 15 is 0 Å². The minimum Gasteiger partial charge on any atom is -0.493 e. The predicted molar refractivity (Wildman–Crippen MR) is 140 cm³/mol. The highest BCUT2D eigenvalue weighted by Crippen LogP contribution is 2.30. The van der Waals surface area contributed by atoms with Gasteiger partial charge in [0.1, 0.15) is 0 Å². The first-order valence-corrected chi connectivity index (χ1v) is 12.4. The van der Waals surface area contributed by atoms with Crippen LogP contribution in [-0.4, -0.2) is 43.6 Å². The summed E-state index contributed by atoms with van der Waals surface area (Å²) in [5.74, 6) is 1.14. The number of carbonyl (C=O) groups is 1. The Labute approximate surface area is 206 Å². The molecule has 0 bridgehead atoms. The first-order chi connectivity index (χ1) is 16.5. The fraction of sp³-hybridized carbons (Fsp3) is 0.333. The van der Waals surface area contributed by atoms with Crippen LogP contribution >= 0.6 is 11.3 Å². The number of nitrogens with zero attached hydrogens (tertiary/aromatic N) is 2. The maximum absolute atomic E-state index is 13.3. The van der Waals surface area contributed by atoms with E-state index in [1.54, 1.807) is 7.11 Å². The predicted octanol–water partition coefficient (Wildman–Crippen LogP) is 5.96. The summed E-state index contributed by atoms with van der Waals surface area (Å²) in [7, 11) is 5.60. The smallest absolute Gasteiger partial charge is 0.258 e. The van der Waals surface area contributed by atoms with E-state index in [1.165, 1.54) is 11.3 Å². The molecule has 1 amide bonds. The van der Waals surface area contributed by atoms with Gasteiger partial charge < -0.3 is 14.4 Å². The van der Waals surface area contributed by atoms with E-state index in [0.717, 1.165) is 42.6 Å². The molecule has 0 spiro atoms. The van der Waals surface area contributed by atoms with Crippen molar-refractivity contribution in [3.63, 3.8) is 0 Å². The van der Waals surface area contributed by atoms with Gasteiger partial charge in [-0.3, -0.25) is 10.1 Å². The topological polar surface area (TPSA) is 63.7 Å². The number of anilines is 1. The van der Waals surface area contributed by atoms with Crippen LogP contribution in [-0.2, 0) is 11.3 Å². The molecule has 3 aromatic rings. The lowest BCUT2D eigenvalue weighted by molar-refractivity contribution is -0.111. The molecule has 3 rings (SSSR count). The molecule has 0 aliphatic rings. The van der Waals surface area contributed by atoms with Crippen molar-refractivity contribution < 1.29 is 14.3 Å². The highest BCUT2D eigenvalue weighted by Gasteiger charge is 2.15. The normalized spacial score (nSPS) is 11.5. The van der Waals surface area contributed by atoms with Gasteiger partial charge >= 0.3 is 0 Å². The molecule has 6 nitrogen and oxygen atoms in total. The van der Waals surface area contributed by atoms with Crippen LogP contribution in [0.3, 0.4) is 0 Å². The number of ether oxygens (including phenoxy) is 2. The molecule has 1 heterocycles. The molecule has 34 heavy (non-hydrogen) atoms. The second kappa shape index (κ2) is 12.9. The maximum Gasteiger partial charge on any atom is 0.258 e. The number of thiazole rings is 1. The quantitative estimate of drug-likeness (QED) is 0.197. The number of carbonyl (C=O) groups excluding carboxylic acids is 1. The first-order valence-electron chi connectivity index (χ1n) is 11.5. The third-order valence-electron chi connectivity index (χ3n) is 5.08. The number of nitrogens with one attached hydrogen (secondary N) is 1. The molecule has 0 saturated carbocycles. The molecule has 0 aliphatic heterocycles. The van der Waals surface area contributed by atoms with Gasteiger partial charge in [0.2, 0.25) is 0 Å². The van der Waals surface area contributed by atoms with Gasteiger partial charge in [-0.05, 0) is 49.9 Å². The van der Waals surface area contributed by atoms with E-state index in [9.17, 15) is 4.79 Å². The number of hydrogen-bond acceptors (Lipinski definition) is 6. The van der Waals surface area contributed by atoms with Crippen molar-refractivity contribution in [3.8, 4) is 11.5 Å². The average molecular weight is 480 g/mol. The Bertz CT molecular complexity index is 1090. The Balaban J connectivity index is 1.85. The highest BCUT2D eigenvalue weighted by molar-refractivity contribution is 7.14. The Morgan fingerprint density at radius 3 is 2.62 bits per heavy atom. The second-order valence-corrected chi connectivity index (χ2v) is 9.08. The molecule has 0 radical (unpaired) electrons. The third kappa shape index (κ3) is 7.43. The van der Waals surface area contributed by atoms with Crippen molar-refractivity contribution in [1.82, 2.24) is 9.88 Å². The molecule has 0 fully saturated rings. The van der Waals surface area contributed by atoms with Crippen molar-refractivity contribution in [2.45, 2.75) is 32.7 Å². The molecule has 1 aromatic heterocycles. The largest absolute Gasteiger partial charge is 0.493 e. The summed E-state index contributed by atoms with van der Waals surface area (Å²) in [5.41, 5.74) is 3.14. The van der Waals surface area contributed by atoms with E-state index in [4.69, 9.17) is 9.47 Å². The molecule has 2 aromatic carbocycles. The number of rotatable bonds is 12. The summed E-state index contributed by atoms with van der Waals surface area (Å²) >= 11 is 1.42. The lowest BCUT2D eigenvalue weighted by Crippen LogP contribution is -2.14. The van der Waals surface area contributed by atoms with Gasteiger partial charge in [0.15, 0.2) is 16.6 Å². The lowest BCUT2D eigenvalue weighted by atomic mass is 10.0. The zero-order valence-electron chi connectivity index (χ0n) is 20.3. The standard InChI is InChI=1S/C27H33N3O3S/c1-5-6-10-15-33-24-14-13-20(17-25(24)32-4)16-23(21-11-8-7-9-12-21)26(31)29-27-28-22(19-34-27)18-30(2)3/h7-9,11-14,16-17,19H,5-6,10,15,18H2,1-4H3,(H,28,29,31)/b23-16+. The molecule has 1 N–H and O–H groups in total. The van der Waals surface area contributed by atoms with Gasteiger partial charge in [0, 0.05) is 17.5 Å². The van der Waals surface area contributed by atoms with Gasteiger partial charge in [0.25, 0.3) is 5.91 Å². The van der Waals surface area contributed by atoms with Crippen LogP contribution < -0.4 is 14.8 Å². The number of amides is 1. The van der Waals surface area contributed by atoms with Crippen molar-refractivity contribution in [3.05, 3.63) is 70.7 Å². The highest BCUT2D eigenvalue weighted by atomic mass is 32.1. The Kier molecular flexibility index (Phi) is 9.67. The van der Waals surface area contributed by atoms with Crippen molar-refractivity contribution in [1.29, 1.82) is 0 Å². The molecule has 7 heteroatoms. The zero-order valence-corrected chi connectivity index (χ0v) is 21.2. The van der Waals surface area contributed by atoms with Gasteiger partial charge in [-0.1, -0.05) is 56.2 Å². The first kappa shape index (κ1) is 25.5. The van der Waals surface area contributed by atoms with E-state index in [2.05, 4.69) is 17.2 Å². The van der Waals surface area contributed by atoms with Crippen LogP contribution in [0.25, 0.3) is 11.6 Å². The van der Waals surface area contributed by atoms with Crippen LogP contribution in [0, 0.1) is 0 Å². The Morgan fingerprint density at radius 2 is 1.91 bits per heavy atom. The monoisotopic (exact) mass is 479 g/mol. The van der Waals surface area contributed by atoms with Crippen LogP contribution in [0.15, 0.2) is 53.9 Å².